The third-order valence-corrected chi connectivity index (χ3v) is 3.75. The Morgan fingerprint density at radius 2 is 2.41 bits per heavy atom. The van der Waals surface area contributed by atoms with Gasteiger partial charge in [0.15, 0.2) is 0 Å². The number of aromatic amines is 1. The molecule has 2 unspecified atom stereocenters. The molecule has 2 aliphatic rings. The Bertz CT molecular complexity index is 424. The molecule has 1 amide bonds. The van der Waals surface area contributed by atoms with Gasteiger partial charge in [-0.3, -0.25) is 10.1 Å². The van der Waals surface area contributed by atoms with Crippen LogP contribution in [0.25, 0.3) is 0 Å². The van der Waals surface area contributed by atoms with Gasteiger partial charge in [0.2, 0.25) is 5.91 Å². The van der Waals surface area contributed by atoms with E-state index < -0.39 is 0 Å². The summed E-state index contributed by atoms with van der Waals surface area (Å²) in [4.78, 5) is 19.4. The fourth-order valence-corrected chi connectivity index (χ4v) is 2.39. The van der Waals surface area contributed by atoms with Crippen molar-refractivity contribution in [1.82, 2.24) is 20.6 Å². The van der Waals surface area contributed by atoms with Crippen molar-refractivity contribution in [2.24, 2.45) is 5.92 Å². The first-order chi connectivity index (χ1) is 8.24. The molecular formula is C12H18N4O. The van der Waals surface area contributed by atoms with E-state index in [2.05, 4.69) is 27.5 Å². The maximum atomic E-state index is 12.1. The molecule has 0 radical (unpaired) electrons. The smallest absolute Gasteiger partial charge is 0.237 e. The van der Waals surface area contributed by atoms with Crippen LogP contribution < -0.4 is 10.6 Å². The van der Waals surface area contributed by atoms with Crippen LogP contribution in [0, 0.1) is 5.92 Å². The normalized spacial score (nSPS) is 25.1. The number of H-pyrrole nitrogens is 1. The van der Waals surface area contributed by atoms with Crippen LogP contribution >= 0.6 is 0 Å². The molecule has 3 rings (SSSR count). The number of imidazole rings is 1. The van der Waals surface area contributed by atoms with E-state index in [0.29, 0.717) is 24.9 Å². The van der Waals surface area contributed by atoms with Gasteiger partial charge in [-0.25, -0.2) is 4.98 Å². The molecule has 92 valence electrons. The zero-order valence-electron chi connectivity index (χ0n) is 9.99. The summed E-state index contributed by atoms with van der Waals surface area (Å²) in [6, 6.07) is 0.178. The molecule has 1 aliphatic heterocycles. The highest BCUT2D eigenvalue weighted by Crippen LogP contribution is 2.32. The monoisotopic (exact) mass is 234 g/mol. The third-order valence-electron chi connectivity index (χ3n) is 3.75. The standard InChI is InChI=1S/C12H18N4O/c1-7(8-2-3-8)16-12(17)10-4-9-11(5-13-10)15-6-14-9/h6-8,10,13H,2-5H2,1H3,(H,14,15)(H,16,17). The van der Waals surface area contributed by atoms with E-state index in [4.69, 9.17) is 0 Å². The maximum Gasteiger partial charge on any atom is 0.237 e. The first-order valence-electron chi connectivity index (χ1n) is 6.29. The Morgan fingerprint density at radius 3 is 3.18 bits per heavy atom. The molecule has 2 heterocycles. The van der Waals surface area contributed by atoms with Crippen LogP contribution in [0.1, 0.15) is 31.2 Å². The van der Waals surface area contributed by atoms with Crippen molar-refractivity contribution in [1.29, 1.82) is 0 Å². The summed E-state index contributed by atoms with van der Waals surface area (Å²) in [5, 5.41) is 6.34. The van der Waals surface area contributed by atoms with Crippen LogP contribution in [0.15, 0.2) is 6.33 Å². The van der Waals surface area contributed by atoms with Gasteiger partial charge < -0.3 is 10.3 Å². The lowest BCUT2D eigenvalue weighted by molar-refractivity contribution is -0.124. The molecule has 17 heavy (non-hydrogen) atoms. The number of fused-ring (bicyclic) bond motifs is 1. The molecule has 0 spiro atoms. The van der Waals surface area contributed by atoms with Crippen LogP contribution in [0.5, 0.6) is 0 Å². The largest absolute Gasteiger partial charge is 0.352 e. The van der Waals surface area contributed by atoms with Crippen LogP contribution in [0.3, 0.4) is 0 Å². The summed E-state index contributed by atoms with van der Waals surface area (Å²) in [6.45, 7) is 2.80. The van der Waals surface area contributed by atoms with E-state index in [1.807, 2.05) is 0 Å². The van der Waals surface area contributed by atoms with Crippen LogP contribution in [-0.2, 0) is 17.8 Å². The van der Waals surface area contributed by atoms with Crippen molar-refractivity contribution in [3.8, 4) is 0 Å². The quantitative estimate of drug-likeness (QED) is 0.706. The highest BCUT2D eigenvalue weighted by atomic mass is 16.2. The number of amides is 1. The molecule has 1 aliphatic carbocycles. The van der Waals surface area contributed by atoms with Crippen molar-refractivity contribution in [2.45, 2.75) is 44.8 Å². The third kappa shape index (κ3) is 2.20. The molecule has 1 saturated carbocycles. The number of rotatable bonds is 3. The Hall–Kier alpha value is -1.36. The molecule has 1 aromatic heterocycles. The predicted octanol–water partition coefficient (Wildman–Crippen LogP) is 0.339. The molecule has 1 aromatic rings. The lowest BCUT2D eigenvalue weighted by Gasteiger charge is -2.24. The Kier molecular flexibility index (Phi) is 2.63. The van der Waals surface area contributed by atoms with E-state index in [-0.39, 0.29) is 11.9 Å². The Labute approximate surface area is 100 Å². The summed E-state index contributed by atoms with van der Waals surface area (Å²) >= 11 is 0. The average Bonchev–Trinajstić information content (AvgIpc) is 3.07. The highest BCUT2D eigenvalue weighted by Gasteiger charge is 2.32. The minimum Gasteiger partial charge on any atom is -0.352 e. The fraction of sp³-hybridized carbons (Fsp3) is 0.667. The minimum absolute atomic E-state index is 0.109. The van der Waals surface area contributed by atoms with Crippen LogP contribution in [-0.4, -0.2) is 28.0 Å². The van der Waals surface area contributed by atoms with Crippen molar-refractivity contribution >= 4 is 5.91 Å². The molecular weight excluding hydrogens is 216 g/mol. The van der Waals surface area contributed by atoms with E-state index in [1.165, 1.54) is 12.8 Å². The van der Waals surface area contributed by atoms with Crippen molar-refractivity contribution < 1.29 is 4.79 Å². The molecule has 5 heteroatoms. The zero-order valence-corrected chi connectivity index (χ0v) is 9.99. The summed E-state index contributed by atoms with van der Waals surface area (Å²) in [5.41, 5.74) is 2.12. The molecule has 3 N–H and O–H groups in total. The van der Waals surface area contributed by atoms with Gasteiger partial charge in [0.05, 0.1) is 23.8 Å². The first kappa shape index (κ1) is 10.8. The Morgan fingerprint density at radius 1 is 1.59 bits per heavy atom. The number of carbonyl (C=O) groups is 1. The van der Waals surface area contributed by atoms with Gasteiger partial charge in [0.25, 0.3) is 0 Å². The second kappa shape index (κ2) is 4.14. The fourth-order valence-electron chi connectivity index (χ4n) is 2.39. The second-order valence-corrected chi connectivity index (χ2v) is 5.10. The lowest BCUT2D eigenvalue weighted by atomic mass is 10.0. The molecule has 0 saturated heterocycles. The topological polar surface area (TPSA) is 69.8 Å². The van der Waals surface area contributed by atoms with Crippen molar-refractivity contribution in [2.75, 3.05) is 0 Å². The molecule has 0 aromatic carbocycles. The maximum absolute atomic E-state index is 12.1. The number of carbonyl (C=O) groups excluding carboxylic acids is 1. The molecule has 5 nitrogen and oxygen atoms in total. The van der Waals surface area contributed by atoms with Gasteiger partial charge in [-0.1, -0.05) is 0 Å². The number of hydrogen-bond donors (Lipinski definition) is 3. The summed E-state index contributed by atoms with van der Waals surface area (Å²) in [5.74, 6) is 0.807. The first-order valence-corrected chi connectivity index (χ1v) is 6.29. The molecule has 2 atom stereocenters. The van der Waals surface area contributed by atoms with Crippen LogP contribution in [0.4, 0.5) is 0 Å². The molecule has 0 bridgehead atoms. The zero-order chi connectivity index (χ0) is 11.8. The van der Waals surface area contributed by atoms with Crippen molar-refractivity contribution in [3.05, 3.63) is 17.7 Å². The summed E-state index contributed by atoms with van der Waals surface area (Å²) in [7, 11) is 0. The van der Waals surface area contributed by atoms with Gasteiger partial charge in [-0.05, 0) is 25.7 Å². The van der Waals surface area contributed by atoms with Gasteiger partial charge in [0.1, 0.15) is 0 Å². The van der Waals surface area contributed by atoms with E-state index >= 15 is 0 Å². The number of nitrogens with one attached hydrogen (secondary N) is 3. The second-order valence-electron chi connectivity index (χ2n) is 5.10. The van der Waals surface area contributed by atoms with Gasteiger partial charge >= 0.3 is 0 Å². The van der Waals surface area contributed by atoms with Gasteiger partial charge in [-0.2, -0.15) is 0 Å². The Balaban J connectivity index is 1.60. The van der Waals surface area contributed by atoms with E-state index in [1.54, 1.807) is 6.33 Å². The van der Waals surface area contributed by atoms with Crippen molar-refractivity contribution in [3.63, 3.8) is 0 Å². The highest BCUT2D eigenvalue weighted by molar-refractivity contribution is 5.82. The number of nitrogens with zero attached hydrogens (tertiary/aromatic N) is 1. The minimum atomic E-state index is -0.132. The van der Waals surface area contributed by atoms with Crippen LogP contribution in [0.2, 0.25) is 0 Å². The number of aromatic nitrogens is 2. The van der Waals surface area contributed by atoms with Gasteiger partial charge in [-0.15, -0.1) is 0 Å². The predicted molar refractivity (Wildman–Crippen MR) is 63.2 cm³/mol. The molecule has 1 fully saturated rings. The van der Waals surface area contributed by atoms with Gasteiger partial charge in [0, 0.05) is 19.0 Å². The summed E-state index contributed by atoms with van der Waals surface area (Å²) < 4.78 is 0. The average molecular weight is 234 g/mol. The lowest BCUT2D eigenvalue weighted by Crippen LogP contribution is -2.50. The SMILES string of the molecule is CC(NC(=O)C1Cc2nc[nH]c2CN1)C1CC1. The van der Waals surface area contributed by atoms with E-state index in [9.17, 15) is 4.79 Å². The van der Waals surface area contributed by atoms with E-state index in [0.717, 1.165) is 11.4 Å². The number of hydrogen-bond acceptors (Lipinski definition) is 3. The summed E-state index contributed by atoms with van der Waals surface area (Å²) in [6.07, 6.45) is 4.88.